The second-order valence-corrected chi connectivity index (χ2v) is 13.9. The smallest absolute Gasteiger partial charge is 0.746 e. The molecule has 4 amide bonds. The molecule has 2 aliphatic heterocycles. The third-order valence-electron chi connectivity index (χ3n) is 9.31. The minimum Gasteiger partial charge on any atom is -0.746 e. The average molecular weight is 751 g/mol. The Morgan fingerprint density at radius 3 is 2.43 bits per heavy atom. The Hall–Kier alpha value is -4.27. The number of benzene rings is 3. The predicted octanol–water partition coefficient (Wildman–Crippen LogP) is 0.351. The van der Waals surface area contributed by atoms with Gasteiger partial charge in [0.2, 0.25) is 11.8 Å². The topological polar surface area (TPSA) is 168 Å². The first-order valence-corrected chi connectivity index (χ1v) is 18.4. The molecule has 2 aliphatic rings. The van der Waals surface area contributed by atoms with Crippen LogP contribution in [-0.4, -0.2) is 84.7 Å². The number of nitrogens with zero attached hydrogens (tertiary/aromatic N) is 5. The Morgan fingerprint density at radius 1 is 1.06 bits per heavy atom. The number of nitrogens with one attached hydrogen (secondary N) is 1. The second-order valence-electron chi connectivity index (χ2n) is 12.8. The number of urea groups is 1. The summed E-state index contributed by atoms with van der Waals surface area (Å²) in [6.07, 6.45) is 2.88. The molecule has 3 heterocycles. The maximum Gasteiger partial charge on any atom is 1.00 e. The van der Waals surface area contributed by atoms with Crippen molar-refractivity contribution >= 4 is 42.4 Å². The van der Waals surface area contributed by atoms with Gasteiger partial charge in [-0.3, -0.25) is 18.9 Å². The molecular formula is C37H40N6NaO8P. The van der Waals surface area contributed by atoms with E-state index in [-0.39, 0.29) is 92.0 Å². The number of phosphoric ester groups is 1. The van der Waals surface area contributed by atoms with Crippen LogP contribution in [0.15, 0.2) is 91.6 Å². The number of phosphoric acid groups is 1. The van der Waals surface area contributed by atoms with Crippen LogP contribution in [0.25, 0.3) is 10.9 Å². The maximum atomic E-state index is 14.6. The molecule has 2 N–H and O–H groups in total. The van der Waals surface area contributed by atoms with Crippen LogP contribution in [0.3, 0.4) is 0 Å². The van der Waals surface area contributed by atoms with Crippen molar-refractivity contribution in [2.45, 2.75) is 45.1 Å². The number of rotatable bonds is 12. The fourth-order valence-corrected chi connectivity index (χ4v) is 7.43. The van der Waals surface area contributed by atoms with Crippen LogP contribution < -0.4 is 44.3 Å². The number of piperazine rings is 1. The van der Waals surface area contributed by atoms with Crippen molar-refractivity contribution in [3.63, 3.8) is 0 Å². The van der Waals surface area contributed by atoms with Gasteiger partial charge in [-0.15, -0.1) is 6.58 Å². The molecule has 2 saturated heterocycles. The fraction of sp³-hybridized carbons (Fsp3) is 0.297. The Balaban J connectivity index is 0.00000541. The molecule has 0 aliphatic carbocycles. The Bertz CT molecular complexity index is 2050. The van der Waals surface area contributed by atoms with E-state index < -0.39 is 26.1 Å². The molecule has 0 saturated carbocycles. The van der Waals surface area contributed by atoms with Crippen molar-refractivity contribution in [3.8, 4) is 5.75 Å². The number of carbonyl (C=O) groups is 4. The molecule has 1 aromatic heterocycles. The van der Waals surface area contributed by atoms with Crippen LogP contribution >= 0.6 is 7.82 Å². The van der Waals surface area contributed by atoms with Crippen molar-refractivity contribution in [1.29, 1.82) is 0 Å². The van der Waals surface area contributed by atoms with E-state index in [1.54, 1.807) is 34.3 Å². The van der Waals surface area contributed by atoms with E-state index in [4.69, 9.17) is 4.89 Å². The van der Waals surface area contributed by atoms with Crippen LogP contribution in [-0.2, 0) is 40.7 Å². The number of amides is 4. The van der Waals surface area contributed by atoms with Gasteiger partial charge in [-0.05, 0) is 28.8 Å². The van der Waals surface area contributed by atoms with Gasteiger partial charge in [0.05, 0.1) is 18.6 Å². The molecule has 3 atom stereocenters. The molecule has 3 aromatic carbocycles. The van der Waals surface area contributed by atoms with Crippen molar-refractivity contribution in [3.05, 3.63) is 114 Å². The number of aromatic nitrogens is 1. The summed E-state index contributed by atoms with van der Waals surface area (Å²) in [6, 6.07) is 19.3. The SMILES string of the molecule is C=CCN1CC(=O)N2[C@@H](Cc3ccc(OP(=O)([O-])O)cc3)C(=O)N(Cc3cccc4c(C(=O)CC)cn(C)c34)C[C@@H]2N1C(=O)NCc1ccccc1.[Na+]. The second kappa shape index (κ2) is 16.8. The number of hydrogen-bond donors (Lipinski definition) is 2. The normalized spacial score (nSPS) is 18.6. The first kappa shape index (κ1) is 39.9. The summed E-state index contributed by atoms with van der Waals surface area (Å²) in [4.78, 5) is 78.9. The minimum atomic E-state index is -5.04. The third kappa shape index (κ3) is 8.76. The third-order valence-corrected chi connectivity index (χ3v) is 9.75. The summed E-state index contributed by atoms with van der Waals surface area (Å²) in [5, 5.41) is 6.85. The van der Waals surface area contributed by atoms with Crippen LogP contribution in [0.2, 0.25) is 0 Å². The van der Waals surface area contributed by atoms with Gasteiger partial charge < -0.3 is 34.0 Å². The van der Waals surface area contributed by atoms with E-state index in [1.807, 2.05) is 67.1 Å². The summed E-state index contributed by atoms with van der Waals surface area (Å²) in [7, 11) is -3.19. The van der Waals surface area contributed by atoms with Crippen molar-refractivity contribution < 1.29 is 67.6 Å². The molecule has 272 valence electrons. The van der Waals surface area contributed by atoms with Gasteiger partial charge in [-0.2, -0.15) is 0 Å². The monoisotopic (exact) mass is 750 g/mol. The summed E-state index contributed by atoms with van der Waals surface area (Å²) in [5.41, 5.74) is 3.64. The zero-order chi connectivity index (χ0) is 37.2. The van der Waals surface area contributed by atoms with E-state index in [0.717, 1.165) is 22.0 Å². The average Bonchev–Trinajstić information content (AvgIpc) is 3.46. The van der Waals surface area contributed by atoms with Crippen LogP contribution in [0.4, 0.5) is 4.79 Å². The summed E-state index contributed by atoms with van der Waals surface area (Å²) in [5.74, 6) is -0.814. The van der Waals surface area contributed by atoms with Gasteiger partial charge in [0.1, 0.15) is 18.0 Å². The Kier molecular flexibility index (Phi) is 12.7. The molecular weight excluding hydrogens is 710 g/mol. The number of ketones is 1. The molecule has 16 heteroatoms. The first-order valence-electron chi connectivity index (χ1n) is 16.9. The first-order chi connectivity index (χ1) is 24.9. The number of hydrazine groups is 1. The molecule has 6 rings (SSSR count). The van der Waals surface area contributed by atoms with Gasteiger partial charge >= 0.3 is 43.4 Å². The van der Waals surface area contributed by atoms with Gasteiger partial charge in [-0.25, -0.2) is 14.8 Å². The molecule has 4 aromatic rings. The van der Waals surface area contributed by atoms with Crippen LogP contribution in [0.1, 0.15) is 40.4 Å². The number of aryl methyl sites for hydroxylation is 1. The van der Waals surface area contributed by atoms with Crippen molar-refractivity contribution in [2.75, 3.05) is 19.6 Å². The van der Waals surface area contributed by atoms with Gasteiger partial charge in [0.15, 0.2) is 5.78 Å². The Labute approximate surface area is 329 Å². The zero-order valence-electron chi connectivity index (χ0n) is 29.9. The van der Waals surface area contributed by atoms with Crippen LogP contribution in [0, 0.1) is 0 Å². The van der Waals surface area contributed by atoms with Crippen molar-refractivity contribution in [2.24, 2.45) is 7.05 Å². The van der Waals surface area contributed by atoms with Gasteiger partial charge in [-0.1, -0.05) is 73.7 Å². The van der Waals surface area contributed by atoms with Gasteiger partial charge in [0, 0.05) is 56.7 Å². The fourth-order valence-electron chi connectivity index (χ4n) is 7.04. The Morgan fingerprint density at radius 2 is 1.77 bits per heavy atom. The number of fused-ring (bicyclic) bond motifs is 2. The van der Waals surface area contributed by atoms with Crippen molar-refractivity contribution in [1.82, 2.24) is 29.7 Å². The predicted molar refractivity (Wildman–Crippen MR) is 190 cm³/mol. The number of Topliss-reactive ketones (excluding diaryl/α,β-unsaturated/α-hetero) is 1. The summed E-state index contributed by atoms with van der Waals surface area (Å²) < 4.78 is 17.7. The van der Waals surface area contributed by atoms with E-state index in [9.17, 15) is 28.6 Å². The number of para-hydroxylation sites is 1. The number of carbonyl (C=O) groups excluding carboxylic acids is 4. The molecule has 1 unspecified atom stereocenters. The molecule has 14 nitrogen and oxygen atoms in total. The molecule has 0 radical (unpaired) electrons. The summed E-state index contributed by atoms with van der Waals surface area (Å²) in [6.45, 7) is 6.02. The molecule has 0 bridgehead atoms. The van der Waals surface area contributed by atoms with Gasteiger partial charge in [0.25, 0.3) is 0 Å². The number of hydrogen-bond acceptors (Lipinski definition) is 8. The zero-order valence-corrected chi connectivity index (χ0v) is 32.8. The molecule has 53 heavy (non-hydrogen) atoms. The maximum absolute atomic E-state index is 14.6. The largest absolute Gasteiger partial charge is 1.00 e. The summed E-state index contributed by atoms with van der Waals surface area (Å²) >= 11 is 0. The minimum absolute atomic E-state index is 0. The van der Waals surface area contributed by atoms with E-state index in [1.165, 1.54) is 22.0 Å². The van der Waals surface area contributed by atoms with Crippen LogP contribution in [0.5, 0.6) is 5.75 Å². The molecule has 2 fully saturated rings. The van der Waals surface area contributed by atoms with E-state index in [2.05, 4.69) is 16.4 Å². The van der Waals surface area contributed by atoms with E-state index in [0.29, 0.717) is 17.5 Å². The quantitative estimate of drug-likeness (QED) is 0.0900. The van der Waals surface area contributed by atoms with E-state index >= 15 is 0 Å². The standard InChI is InChI=1S/C37H41N6O8P.Na/c1-4-18-41-24-34(45)42-31(19-25-14-16-28(17-15-25)51-52(48,49)50)36(46)40(23-33(42)43(41)37(47)38-20-26-10-7-6-8-11-26)21-27-12-9-13-29-30(32(44)5-2)22-39(3)35(27)29;/h4,6-17,22,31,33H,1,5,18-21,23-24H2,2-3H3,(H,38,47)(H2,48,49,50);/q;+1/p-1/t31-,33-;/m0./s1. The molecule has 0 spiro atoms.